The molecule has 0 radical (unpaired) electrons. The van der Waals surface area contributed by atoms with Crippen LogP contribution in [0.1, 0.15) is 4.88 Å². The number of hydrogen-bond acceptors (Lipinski definition) is 4. The summed E-state index contributed by atoms with van der Waals surface area (Å²) in [6.45, 7) is -0.199. The molecule has 6 heteroatoms. The first-order chi connectivity index (χ1) is 9.28. The quantitative estimate of drug-likeness (QED) is 0.734. The normalized spacial score (nSPS) is 9.32. The maximum absolute atomic E-state index is 11.7. The first-order valence-electron chi connectivity index (χ1n) is 5.46. The number of nitrogens with one attached hydrogen (secondary N) is 2. The van der Waals surface area contributed by atoms with Gasteiger partial charge in [0.1, 0.15) is 6.61 Å². The van der Waals surface area contributed by atoms with Crippen molar-refractivity contribution in [3.05, 3.63) is 41.4 Å². The van der Waals surface area contributed by atoms with E-state index < -0.39 is 0 Å². The molecule has 1 aromatic carbocycles. The highest BCUT2D eigenvalue weighted by atomic mass is 32.1. The fourth-order valence-corrected chi connectivity index (χ4v) is 1.98. The van der Waals surface area contributed by atoms with E-state index in [2.05, 4.69) is 27.5 Å². The number of anilines is 2. The van der Waals surface area contributed by atoms with Crippen LogP contribution in [-0.2, 0) is 0 Å². The molecule has 0 spiro atoms. The highest BCUT2D eigenvalue weighted by molar-refractivity contribution is 7.16. The first-order valence-corrected chi connectivity index (χ1v) is 6.28. The predicted molar refractivity (Wildman–Crippen MR) is 75.2 cm³/mol. The van der Waals surface area contributed by atoms with Crippen molar-refractivity contribution >= 4 is 28.2 Å². The van der Waals surface area contributed by atoms with Crippen LogP contribution in [0.3, 0.4) is 0 Å². The molecule has 5 nitrogen and oxygen atoms in total. The third-order valence-corrected chi connectivity index (χ3v) is 2.88. The van der Waals surface area contributed by atoms with Crippen molar-refractivity contribution in [3.8, 4) is 11.8 Å². The molecule has 0 bridgehead atoms. The van der Waals surface area contributed by atoms with Crippen molar-refractivity contribution in [2.75, 3.05) is 17.2 Å². The van der Waals surface area contributed by atoms with Crippen LogP contribution >= 0.6 is 11.3 Å². The van der Waals surface area contributed by atoms with E-state index >= 15 is 0 Å². The van der Waals surface area contributed by atoms with Crippen molar-refractivity contribution in [1.82, 2.24) is 4.98 Å². The number of amides is 2. The lowest BCUT2D eigenvalue weighted by Crippen LogP contribution is -2.19. The highest BCUT2D eigenvalue weighted by Crippen LogP contribution is 2.17. The number of rotatable bonds is 2. The number of aliphatic hydroxyl groups is 1. The summed E-state index contributed by atoms with van der Waals surface area (Å²) in [7, 11) is 0. The summed E-state index contributed by atoms with van der Waals surface area (Å²) in [5.41, 5.74) is 0.705. The lowest BCUT2D eigenvalue weighted by atomic mass is 10.3. The van der Waals surface area contributed by atoms with Gasteiger partial charge in [0.15, 0.2) is 5.13 Å². The lowest BCUT2D eigenvalue weighted by molar-refractivity contribution is 0.262. The smallest absolute Gasteiger partial charge is 0.325 e. The zero-order valence-corrected chi connectivity index (χ0v) is 10.7. The maximum atomic E-state index is 11.7. The van der Waals surface area contributed by atoms with Crippen molar-refractivity contribution in [1.29, 1.82) is 0 Å². The minimum Gasteiger partial charge on any atom is -0.384 e. The van der Waals surface area contributed by atoms with Crippen LogP contribution in [0.15, 0.2) is 36.5 Å². The number of thiazole rings is 1. The Morgan fingerprint density at radius 3 is 2.84 bits per heavy atom. The van der Waals surface area contributed by atoms with E-state index in [9.17, 15) is 4.79 Å². The highest BCUT2D eigenvalue weighted by Gasteiger charge is 2.05. The monoisotopic (exact) mass is 273 g/mol. The summed E-state index contributed by atoms with van der Waals surface area (Å²) in [5, 5.41) is 14.3. The fourth-order valence-electron chi connectivity index (χ4n) is 1.30. The van der Waals surface area contributed by atoms with Gasteiger partial charge in [0, 0.05) is 5.69 Å². The molecule has 1 heterocycles. The van der Waals surface area contributed by atoms with Crippen LogP contribution in [0, 0.1) is 11.8 Å². The molecule has 1 aromatic heterocycles. The number of carbonyl (C=O) groups is 1. The van der Waals surface area contributed by atoms with E-state index in [4.69, 9.17) is 5.11 Å². The van der Waals surface area contributed by atoms with Gasteiger partial charge in [0.05, 0.1) is 11.1 Å². The SMILES string of the molecule is O=C(Nc1ccccc1)Nc1ncc(C#CCO)s1. The van der Waals surface area contributed by atoms with E-state index in [1.165, 1.54) is 11.3 Å². The molecule has 0 fully saturated rings. The Balaban J connectivity index is 1.94. The number of nitrogens with zero attached hydrogens (tertiary/aromatic N) is 1. The summed E-state index contributed by atoms with van der Waals surface area (Å²) >= 11 is 1.24. The maximum Gasteiger partial charge on any atom is 0.325 e. The van der Waals surface area contributed by atoms with Crippen molar-refractivity contribution in [2.45, 2.75) is 0 Å². The van der Waals surface area contributed by atoms with Gasteiger partial charge in [0.2, 0.25) is 0 Å². The van der Waals surface area contributed by atoms with Gasteiger partial charge < -0.3 is 10.4 Å². The van der Waals surface area contributed by atoms with Crippen LogP contribution in [0.2, 0.25) is 0 Å². The van der Waals surface area contributed by atoms with Crippen LogP contribution < -0.4 is 10.6 Å². The molecular weight excluding hydrogens is 262 g/mol. The molecule has 0 saturated heterocycles. The van der Waals surface area contributed by atoms with Crippen molar-refractivity contribution < 1.29 is 9.90 Å². The molecule has 19 heavy (non-hydrogen) atoms. The Kier molecular flexibility index (Phi) is 4.50. The number of aliphatic hydroxyl groups excluding tert-OH is 1. The molecule has 0 aliphatic heterocycles. The van der Waals surface area contributed by atoms with E-state index in [-0.39, 0.29) is 12.6 Å². The molecule has 0 aliphatic rings. The third kappa shape index (κ3) is 4.10. The second kappa shape index (κ2) is 6.54. The molecule has 0 aliphatic carbocycles. The number of carbonyl (C=O) groups excluding carboxylic acids is 1. The van der Waals surface area contributed by atoms with Crippen LogP contribution in [0.4, 0.5) is 15.6 Å². The fraction of sp³-hybridized carbons (Fsp3) is 0.0769. The number of hydrogen-bond donors (Lipinski definition) is 3. The Morgan fingerprint density at radius 2 is 2.11 bits per heavy atom. The summed E-state index contributed by atoms with van der Waals surface area (Å²) in [6.07, 6.45) is 1.55. The zero-order valence-electron chi connectivity index (χ0n) is 9.88. The Morgan fingerprint density at radius 1 is 1.32 bits per heavy atom. The molecule has 3 N–H and O–H groups in total. The molecule has 0 unspecified atom stereocenters. The van der Waals surface area contributed by atoms with Gasteiger partial charge in [-0.05, 0) is 12.1 Å². The van der Waals surface area contributed by atoms with Gasteiger partial charge in [-0.3, -0.25) is 5.32 Å². The van der Waals surface area contributed by atoms with E-state index in [1.54, 1.807) is 18.3 Å². The van der Waals surface area contributed by atoms with Gasteiger partial charge in [-0.25, -0.2) is 9.78 Å². The molecular formula is C13H11N3O2S. The van der Waals surface area contributed by atoms with Crippen LogP contribution in [-0.4, -0.2) is 22.7 Å². The predicted octanol–water partition coefficient (Wildman–Crippen LogP) is 2.13. The van der Waals surface area contributed by atoms with E-state index in [1.807, 2.05) is 18.2 Å². The van der Waals surface area contributed by atoms with Crippen molar-refractivity contribution in [2.24, 2.45) is 0 Å². The molecule has 2 amide bonds. The molecule has 96 valence electrons. The van der Waals surface area contributed by atoms with Gasteiger partial charge in [0.25, 0.3) is 0 Å². The number of aromatic nitrogens is 1. The molecule has 2 aromatic rings. The van der Waals surface area contributed by atoms with Gasteiger partial charge in [-0.1, -0.05) is 41.4 Å². The van der Waals surface area contributed by atoms with Gasteiger partial charge in [-0.15, -0.1) is 0 Å². The summed E-state index contributed by atoms with van der Waals surface area (Å²) in [6, 6.07) is 8.76. The number of urea groups is 1. The van der Waals surface area contributed by atoms with Crippen molar-refractivity contribution in [3.63, 3.8) is 0 Å². The summed E-state index contributed by atoms with van der Waals surface area (Å²) in [5.74, 6) is 5.24. The standard InChI is InChI=1S/C13H11N3O2S/c17-8-4-7-11-9-14-13(19-11)16-12(18)15-10-5-2-1-3-6-10/h1-3,5-6,9,17H,8H2,(H2,14,15,16,18). The van der Waals surface area contributed by atoms with Gasteiger partial charge in [-0.2, -0.15) is 0 Å². The molecule has 2 rings (SSSR count). The first kappa shape index (κ1) is 13.1. The number of benzene rings is 1. The van der Waals surface area contributed by atoms with Crippen LogP contribution in [0.5, 0.6) is 0 Å². The Hall–Kier alpha value is -2.36. The average Bonchev–Trinajstić information content (AvgIpc) is 2.85. The van der Waals surface area contributed by atoms with E-state index in [0.29, 0.717) is 15.7 Å². The second-order valence-electron chi connectivity index (χ2n) is 3.43. The zero-order chi connectivity index (χ0) is 13.5. The Labute approximate surface area is 114 Å². The molecule has 0 atom stereocenters. The van der Waals surface area contributed by atoms with Crippen LogP contribution in [0.25, 0.3) is 0 Å². The summed E-state index contributed by atoms with van der Waals surface area (Å²) < 4.78 is 0. The second-order valence-corrected chi connectivity index (χ2v) is 4.47. The molecule has 0 saturated carbocycles. The lowest BCUT2D eigenvalue weighted by Gasteiger charge is -2.04. The summed E-state index contributed by atoms with van der Waals surface area (Å²) in [4.78, 5) is 16.4. The largest absolute Gasteiger partial charge is 0.384 e. The minimum absolute atomic E-state index is 0.199. The number of para-hydroxylation sites is 1. The van der Waals surface area contributed by atoms with Gasteiger partial charge >= 0.3 is 6.03 Å². The Bertz CT molecular complexity index is 614. The third-order valence-electron chi connectivity index (χ3n) is 2.05. The topological polar surface area (TPSA) is 74.2 Å². The van der Waals surface area contributed by atoms with E-state index in [0.717, 1.165) is 0 Å². The minimum atomic E-state index is -0.359. The average molecular weight is 273 g/mol.